The maximum Gasteiger partial charge on any atom is 0.231 e. The van der Waals surface area contributed by atoms with Gasteiger partial charge in [-0.25, -0.2) is 0 Å². The van der Waals surface area contributed by atoms with Crippen LogP contribution in [0.5, 0.6) is 11.8 Å². The molecule has 0 saturated carbocycles. The van der Waals surface area contributed by atoms with Crippen molar-refractivity contribution in [1.82, 2.24) is 9.97 Å². The minimum absolute atomic E-state index is 0.503. The van der Waals surface area contributed by atoms with Gasteiger partial charge in [-0.2, -0.15) is 9.97 Å². The van der Waals surface area contributed by atoms with Crippen LogP contribution in [0.3, 0.4) is 0 Å². The Balaban J connectivity index is 2.98. The van der Waals surface area contributed by atoms with Crippen molar-refractivity contribution in [2.24, 2.45) is 11.7 Å². The van der Waals surface area contributed by atoms with Crippen LogP contribution in [-0.2, 0) is 0 Å². The van der Waals surface area contributed by atoms with Gasteiger partial charge in [-0.1, -0.05) is 13.8 Å². The van der Waals surface area contributed by atoms with Crippen LogP contribution in [0, 0.1) is 5.92 Å². The van der Waals surface area contributed by atoms with Gasteiger partial charge in [0.2, 0.25) is 17.7 Å². The van der Waals surface area contributed by atoms with E-state index in [0.717, 1.165) is 19.5 Å². The molecule has 0 aliphatic rings. The van der Waals surface area contributed by atoms with Crippen molar-refractivity contribution in [3.8, 4) is 11.8 Å². The molecule has 0 spiro atoms. The second kappa shape index (κ2) is 7.78. The SMILES string of the molecule is COc1cc(OC)nc(N(CCCN)CC(C)C)n1. The normalized spacial score (nSPS) is 10.6. The van der Waals surface area contributed by atoms with E-state index >= 15 is 0 Å². The van der Waals surface area contributed by atoms with E-state index in [-0.39, 0.29) is 0 Å². The van der Waals surface area contributed by atoms with Gasteiger partial charge >= 0.3 is 0 Å². The van der Waals surface area contributed by atoms with Gasteiger partial charge in [0.05, 0.1) is 20.3 Å². The predicted molar refractivity (Wildman–Crippen MR) is 75.9 cm³/mol. The van der Waals surface area contributed by atoms with E-state index in [1.165, 1.54) is 0 Å². The molecule has 1 heterocycles. The Morgan fingerprint density at radius 1 is 1.21 bits per heavy atom. The lowest BCUT2D eigenvalue weighted by molar-refractivity contribution is 0.371. The molecule has 6 nitrogen and oxygen atoms in total. The molecule has 0 radical (unpaired) electrons. The third kappa shape index (κ3) is 4.90. The smallest absolute Gasteiger partial charge is 0.231 e. The Hall–Kier alpha value is -1.56. The summed E-state index contributed by atoms with van der Waals surface area (Å²) in [6, 6.07) is 1.67. The summed E-state index contributed by atoms with van der Waals surface area (Å²) in [5.41, 5.74) is 5.58. The van der Waals surface area contributed by atoms with Gasteiger partial charge in [0.25, 0.3) is 0 Å². The summed E-state index contributed by atoms with van der Waals surface area (Å²) >= 11 is 0. The molecule has 0 aliphatic carbocycles. The summed E-state index contributed by atoms with van der Waals surface area (Å²) < 4.78 is 10.3. The second-order valence-corrected chi connectivity index (χ2v) is 4.73. The molecule has 0 fully saturated rings. The summed E-state index contributed by atoms with van der Waals surface area (Å²) in [5.74, 6) is 2.14. The lowest BCUT2D eigenvalue weighted by atomic mass is 10.2. The van der Waals surface area contributed by atoms with Crippen LogP contribution in [0.1, 0.15) is 20.3 Å². The van der Waals surface area contributed by atoms with E-state index in [9.17, 15) is 0 Å². The minimum atomic E-state index is 0.503. The molecule has 0 amide bonds. The summed E-state index contributed by atoms with van der Waals surface area (Å²) in [4.78, 5) is 10.9. The molecule has 1 aromatic rings. The highest BCUT2D eigenvalue weighted by molar-refractivity contribution is 5.36. The Morgan fingerprint density at radius 3 is 2.21 bits per heavy atom. The fraction of sp³-hybridized carbons (Fsp3) is 0.692. The third-order valence-electron chi connectivity index (χ3n) is 2.59. The molecule has 2 N–H and O–H groups in total. The maximum absolute atomic E-state index is 5.58. The minimum Gasteiger partial charge on any atom is -0.481 e. The van der Waals surface area contributed by atoms with Gasteiger partial charge in [0, 0.05) is 13.1 Å². The Kier molecular flexibility index (Phi) is 6.35. The lowest BCUT2D eigenvalue weighted by Gasteiger charge is -2.24. The van der Waals surface area contributed by atoms with Crippen molar-refractivity contribution >= 4 is 5.95 Å². The molecule has 0 unspecified atom stereocenters. The average Bonchev–Trinajstić information content (AvgIpc) is 2.42. The third-order valence-corrected chi connectivity index (χ3v) is 2.59. The summed E-state index contributed by atoms with van der Waals surface area (Å²) in [6.07, 6.45) is 0.898. The number of ether oxygens (including phenoxy) is 2. The number of hydrogen-bond donors (Lipinski definition) is 1. The zero-order valence-electron chi connectivity index (χ0n) is 12.2. The number of hydrogen-bond acceptors (Lipinski definition) is 6. The van der Waals surface area contributed by atoms with Crippen LogP contribution in [0.25, 0.3) is 0 Å². The zero-order chi connectivity index (χ0) is 14.3. The van der Waals surface area contributed by atoms with E-state index in [0.29, 0.717) is 30.2 Å². The van der Waals surface area contributed by atoms with Crippen LogP contribution < -0.4 is 20.1 Å². The van der Waals surface area contributed by atoms with E-state index in [1.54, 1.807) is 20.3 Å². The van der Waals surface area contributed by atoms with E-state index in [2.05, 4.69) is 28.7 Å². The topological polar surface area (TPSA) is 73.5 Å². The highest BCUT2D eigenvalue weighted by Gasteiger charge is 2.14. The zero-order valence-corrected chi connectivity index (χ0v) is 12.2. The van der Waals surface area contributed by atoms with E-state index in [1.807, 2.05) is 0 Å². The second-order valence-electron chi connectivity index (χ2n) is 4.73. The molecular formula is C13H24N4O2. The fourth-order valence-electron chi connectivity index (χ4n) is 1.74. The van der Waals surface area contributed by atoms with Crippen molar-refractivity contribution in [3.05, 3.63) is 6.07 Å². The first-order valence-electron chi connectivity index (χ1n) is 6.52. The van der Waals surface area contributed by atoms with Crippen molar-refractivity contribution in [2.75, 3.05) is 38.8 Å². The average molecular weight is 268 g/mol. The Labute approximate surface area is 114 Å². The van der Waals surface area contributed by atoms with Gasteiger partial charge in [-0.3, -0.25) is 0 Å². The highest BCUT2D eigenvalue weighted by atomic mass is 16.5. The highest BCUT2D eigenvalue weighted by Crippen LogP contribution is 2.20. The van der Waals surface area contributed by atoms with Gasteiger partial charge in [-0.05, 0) is 18.9 Å². The van der Waals surface area contributed by atoms with Crippen LogP contribution in [0.4, 0.5) is 5.95 Å². The largest absolute Gasteiger partial charge is 0.481 e. The van der Waals surface area contributed by atoms with Gasteiger partial charge in [0.15, 0.2) is 0 Å². The molecule has 6 heteroatoms. The number of nitrogens with two attached hydrogens (primary N) is 1. The quantitative estimate of drug-likeness (QED) is 0.766. The first kappa shape index (κ1) is 15.5. The van der Waals surface area contributed by atoms with Crippen molar-refractivity contribution in [2.45, 2.75) is 20.3 Å². The number of methoxy groups -OCH3 is 2. The first-order chi connectivity index (χ1) is 9.10. The molecule has 19 heavy (non-hydrogen) atoms. The molecule has 1 aromatic heterocycles. The lowest BCUT2D eigenvalue weighted by Crippen LogP contribution is -2.31. The van der Waals surface area contributed by atoms with E-state index < -0.39 is 0 Å². The Bertz CT molecular complexity index is 363. The number of aromatic nitrogens is 2. The molecular weight excluding hydrogens is 244 g/mol. The van der Waals surface area contributed by atoms with E-state index in [4.69, 9.17) is 15.2 Å². The summed E-state index contributed by atoms with van der Waals surface area (Å²) in [6.45, 7) is 6.66. The van der Waals surface area contributed by atoms with Crippen LogP contribution in [-0.4, -0.2) is 43.8 Å². The van der Waals surface area contributed by atoms with Crippen molar-refractivity contribution < 1.29 is 9.47 Å². The van der Waals surface area contributed by atoms with Gasteiger partial charge < -0.3 is 20.1 Å². The molecule has 0 aromatic carbocycles. The van der Waals surface area contributed by atoms with Crippen LogP contribution in [0.15, 0.2) is 6.07 Å². The summed E-state index contributed by atoms with van der Waals surface area (Å²) in [5, 5.41) is 0. The fourth-order valence-corrected chi connectivity index (χ4v) is 1.74. The molecule has 108 valence electrons. The van der Waals surface area contributed by atoms with Crippen molar-refractivity contribution in [1.29, 1.82) is 0 Å². The number of rotatable bonds is 8. The van der Waals surface area contributed by atoms with Gasteiger partial charge in [-0.15, -0.1) is 0 Å². The monoisotopic (exact) mass is 268 g/mol. The maximum atomic E-state index is 5.58. The molecule has 1 rings (SSSR count). The Morgan fingerprint density at radius 2 is 1.79 bits per heavy atom. The predicted octanol–water partition coefficient (Wildman–Crippen LogP) is 1.30. The first-order valence-corrected chi connectivity index (χ1v) is 6.52. The number of anilines is 1. The number of nitrogens with zero attached hydrogens (tertiary/aromatic N) is 3. The van der Waals surface area contributed by atoms with Crippen LogP contribution in [0.2, 0.25) is 0 Å². The molecule has 0 aliphatic heterocycles. The molecule has 0 atom stereocenters. The van der Waals surface area contributed by atoms with Crippen molar-refractivity contribution in [3.63, 3.8) is 0 Å². The standard InChI is InChI=1S/C13H24N4O2/c1-10(2)9-17(7-5-6-14)13-15-11(18-3)8-12(16-13)19-4/h8,10H,5-7,9,14H2,1-4H3. The van der Waals surface area contributed by atoms with Gasteiger partial charge in [0.1, 0.15) is 0 Å². The molecule has 0 bridgehead atoms. The van der Waals surface area contributed by atoms with Crippen LogP contribution >= 0.6 is 0 Å². The molecule has 0 saturated heterocycles. The summed E-state index contributed by atoms with van der Waals surface area (Å²) in [7, 11) is 3.16.